The number of carbonyl (C=O) groups is 1. The van der Waals surface area contributed by atoms with Crippen LogP contribution in [0.15, 0.2) is 12.2 Å². The first-order valence-electron chi connectivity index (χ1n) is 8.11. The van der Waals surface area contributed by atoms with Crippen molar-refractivity contribution in [1.29, 1.82) is 0 Å². The molecule has 0 bridgehead atoms. The molecule has 6 heteroatoms. The first-order chi connectivity index (χ1) is 10.5. The van der Waals surface area contributed by atoms with Gasteiger partial charge in [-0.1, -0.05) is 6.58 Å². The summed E-state index contributed by atoms with van der Waals surface area (Å²) in [5, 5.41) is 9.49. The zero-order chi connectivity index (χ0) is 17.2. The second kappa shape index (κ2) is 18.9. The third-order valence-corrected chi connectivity index (χ3v) is 4.56. The van der Waals surface area contributed by atoms with Crippen molar-refractivity contribution in [2.45, 2.75) is 66.2 Å². The van der Waals surface area contributed by atoms with Gasteiger partial charge in [0.2, 0.25) is 0 Å². The first kappa shape index (κ1) is 24.1. The van der Waals surface area contributed by atoms with E-state index in [1.807, 2.05) is 0 Å². The van der Waals surface area contributed by atoms with E-state index >= 15 is 0 Å². The molecule has 0 amide bonds. The van der Waals surface area contributed by atoms with Crippen LogP contribution >= 0.6 is 0 Å². The van der Waals surface area contributed by atoms with Crippen molar-refractivity contribution in [3.63, 3.8) is 0 Å². The summed E-state index contributed by atoms with van der Waals surface area (Å²) < 4.78 is 17.1. The van der Waals surface area contributed by atoms with Crippen molar-refractivity contribution in [3.8, 4) is 0 Å². The molecule has 0 heterocycles. The molecule has 5 nitrogen and oxygen atoms in total. The fourth-order valence-corrected chi connectivity index (χ4v) is 2.87. The summed E-state index contributed by atoms with van der Waals surface area (Å²) in [6.45, 7) is 13.4. The molecule has 22 heavy (non-hydrogen) atoms. The predicted octanol–water partition coefficient (Wildman–Crippen LogP) is 3.11. The Morgan fingerprint density at radius 3 is 1.36 bits per heavy atom. The van der Waals surface area contributed by atoms with E-state index in [2.05, 4.69) is 27.4 Å². The molecule has 0 aliphatic rings. The Morgan fingerprint density at radius 1 is 0.909 bits per heavy atom. The third kappa shape index (κ3) is 19.8. The van der Waals surface area contributed by atoms with Crippen LogP contribution in [0.1, 0.15) is 66.2 Å². The van der Waals surface area contributed by atoms with Gasteiger partial charge in [0.25, 0.3) is 0 Å². The first-order valence-corrected chi connectivity index (χ1v) is 10.0. The zero-order valence-electron chi connectivity index (χ0n) is 14.6. The second-order valence-corrected chi connectivity index (χ2v) is 7.06. The van der Waals surface area contributed by atoms with Crippen molar-refractivity contribution in [2.75, 3.05) is 19.8 Å². The summed E-state index contributed by atoms with van der Waals surface area (Å²) in [5.74, 6) is -1.19. The van der Waals surface area contributed by atoms with Crippen molar-refractivity contribution in [1.82, 2.24) is 0 Å². The molecule has 0 aliphatic carbocycles. The monoisotopic (exact) mass is 352 g/mol. The van der Waals surface area contributed by atoms with Crippen LogP contribution < -0.4 is 5.11 Å². The Balaban J connectivity index is 0. The average Bonchev–Trinajstić information content (AvgIpc) is 2.48. The SMILES string of the molecule is C=C(C)C(=O)[O-].CCCC[O][Ti+]([O]CCCC)[O]CCCC. The molecule has 0 aromatic heterocycles. The van der Waals surface area contributed by atoms with E-state index in [0.717, 1.165) is 58.3 Å². The van der Waals surface area contributed by atoms with E-state index in [1.165, 1.54) is 6.92 Å². The topological polar surface area (TPSA) is 67.8 Å². The number of unbranched alkanes of at least 4 members (excludes halogenated alkanes) is 3. The Morgan fingerprint density at radius 2 is 1.18 bits per heavy atom. The Kier molecular flexibility index (Phi) is 20.6. The Bertz CT molecular complexity index is 235. The molecule has 0 saturated heterocycles. The minimum atomic E-state index is -2.10. The van der Waals surface area contributed by atoms with Gasteiger partial charge in [-0.15, -0.1) is 0 Å². The number of hydrogen-bond acceptors (Lipinski definition) is 5. The predicted molar refractivity (Wildman–Crippen MR) is 82.4 cm³/mol. The quantitative estimate of drug-likeness (QED) is 0.289. The maximum absolute atomic E-state index is 9.49. The number of rotatable bonds is 13. The van der Waals surface area contributed by atoms with E-state index in [9.17, 15) is 9.90 Å². The van der Waals surface area contributed by atoms with Crippen molar-refractivity contribution >= 4 is 5.97 Å². The Hall–Kier alpha value is -0.196. The zero-order valence-corrected chi connectivity index (χ0v) is 16.2. The van der Waals surface area contributed by atoms with Gasteiger partial charge >= 0.3 is 108 Å². The molecule has 0 fully saturated rings. The van der Waals surface area contributed by atoms with Gasteiger partial charge in [0.15, 0.2) is 0 Å². The molecular formula is C16H32O5Ti. The van der Waals surface area contributed by atoms with Crippen molar-refractivity contribution in [2.24, 2.45) is 0 Å². The van der Waals surface area contributed by atoms with E-state index in [0.29, 0.717) is 0 Å². The minimum absolute atomic E-state index is 0.0648. The summed E-state index contributed by atoms with van der Waals surface area (Å²) in [7, 11) is 0. The van der Waals surface area contributed by atoms with Gasteiger partial charge in [-0.3, -0.25) is 0 Å². The fraction of sp³-hybridized carbons (Fsp3) is 0.812. The van der Waals surface area contributed by atoms with Crippen LogP contribution in [0.3, 0.4) is 0 Å². The molecule has 0 saturated carbocycles. The number of carboxylic acid groups (broad SMARTS) is 1. The number of hydrogen-bond donors (Lipinski definition) is 0. The van der Waals surface area contributed by atoms with Gasteiger partial charge < -0.3 is 9.90 Å². The molecule has 0 N–H and O–H groups in total. The summed E-state index contributed by atoms with van der Waals surface area (Å²) in [6, 6.07) is 0. The van der Waals surface area contributed by atoms with E-state index in [1.54, 1.807) is 0 Å². The van der Waals surface area contributed by atoms with Gasteiger partial charge in [0.1, 0.15) is 0 Å². The third-order valence-electron chi connectivity index (χ3n) is 2.50. The number of carbonyl (C=O) groups excluding carboxylic acids is 1. The van der Waals surface area contributed by atoms with Crippen LogP contribution in [0.5, 0.6) is 0 Å². The molecular weight excluding hydrogens is 320 g/mol. The second-order valence-electron chi connectivity index (χ2n) is 4.92. The normalized spacial score (nSPS) is 9.82. The van der Waals surface area contributed by atoms with Crippen LogP contribution in [-0.4, -0.2) is 25.8 Å². The molecule has 0 atom stereocenters. The van der Waals surface area contributed by atoms with Crippen LogP contribution in [0.4, 0.5) is 0 Å². The van der Waals surface area contributed by atoms with Crippen LogP contribution in [0.2, 0.25) is 0 Å². The van der Waals surface area contributed by atoms with E-state index in [-0.39, 0.29) is 5.57 Å². The van der Waals surface area contributed by atoms with Crippen LogP contribution in [0.25, 0.3) is 0 Å². The van der Waals surface area contributed by atoms with Gasteiger partial charge in [-0.05, 0) is 12.5 Å². The van der Waals surface area contributed by atoms with Gasteiger partial charge in [0.05, 0.1) is 5.97 Å². The standard InChI is InChI=1S/C4H6O2.3C4H9O.Ti/c1-3(2)4(5)6;3*1-2-3-4-5;/h1H2,2H3,(H,5,6);3*2-4H2,1H3;/q;3*-1;+4/p-1. The Labute approximate surface area is 143 Å². The summed E-state index contributed by atoms with van der Waals surface area (Å²) in [6.07, 6.45) is 6.79. The molecule has 0 radical (unpaired) electrons. The maximum atomic E-state index is 9.49. The van der Waals surface area contributed by atoms with E-state index < -0.39 is 25.0 Å². The van der Waals surface area contributed by atoms with Gasteiger partial charge in [-0.2, -0.15) is 0 Å². The van der Waals surface area contributed by atoms with E-state index in [4.69, 9.17) is 9.96 Å². The van der Waals surface area contributed by atoms with Gasteiger partial charge in [0, 0.05) is 0 Å². The molecule has 0 unspecified atom stereocenters. The van der Waals surface area contributed by atoms with Crippen molar-refractivity contribution in [3.05, 3.63) is 12.2 Å². The van der Waals surface area contributed by atoms with Gasteiger partial charge in [-0.25, -0.2) is 0 Å². The number of carboxylic acids is 1. The molecule has 0 aromatic rings. The molecule has 130 valence electrons. The van der Waals surface area contributed by atoms with Crippen molar-refractivity contribution < 1.29 is 38.9 Å². The number of aliphatic carboxylic acids is 1. The summed E-state index contributed by atoms with van der Waals surface area (Å²) in [4.78, 5) is 9.49. The molecule has 0 rings (SSSR count). The summed E-state index contributed by atoms with van der Waals surface area (Å²) >= 11 is -2.10. The van der Waals surface area contributed by atoms with Crippen LogP contribution in [0, 0.1) is 0 Å². The summed E-state index contributed by atoms with van der Waals surface area (Å²) in [5.41, 5.74) is 0.0648. The molecule has 0 aliphatic heterocycles. The fourth-order valence-electron chi connectivity index (χ4n) is 1.02. The van der Waals surface area contributed by atoms with Crippen LogP contribution in [-0.2, 0) is 33.8 Å². The average molecular weight is 352 g/mol. The molecule has 0 aromatic carbocycles. The molecule has 0 spiro atoms.